The quantitative estimate of drug-likeness (QED) is 0.0122. The largest absolute Gasteiger partial charge is 0.496 e. The third-order valence-corrected chi connectivity index (χ3v) is 19.5. The van der Waals surface area contributed by atoms with Gasteiger partial charge in [-0.2, -0.15) is 15.0 Å². The van der Waals surface area contributed by atoms with E-state index in [4.69, 9.17) is 63.3 Å². The van der Waals surface area contributed by atoms with Gasteiger partial charge in [-0.25, -0.2) is 19.3 Å². The monoisotopic (exact) mass is 1510 g/mol. The fourth-order valence-corrected chi connectivity index (χ4v) is 13.2. The van der Waals surface area contributed by atoms with Crippen LogP contribution < -0.4 is 38.6 Å². The summed E-state index contributed by atoms with van der Waals surface area (Å²) in [6.07, 6.45) is 3.08. The number of rotatable bonds is 36. The molecule has 6 aromatic heterocycles. The van der Waals surface area contributed by atoms with Crippen molar-refractivity contribution in [1.29, 1.82) is 0 Å². The van der Waals surface area contributed by atoms with Crippen molar-refractivity contribution < 1.29 is 78.6 Å². The normalized spacial score (nSPS) is 13.1. The topological polar surface area (TPSA) is 463 Å². The second-order valence-corrected chi connectivity index (χ2v) is 29.0. The number of nitrogen functional groups attached to an aromatic ring is 3. The summed E-state index contributed by atoms with van der Waals surface area (Å²) in [6, 6.07) is 36.0. The van der Waals surface area contributed by atoms with Gasteiger partial charge in [0.15, 0.2) is 50.8 Å². The van der Waals surface area contributed by atoms with Crippen LogP contribution in [0.4, 0.5) is 22.2 Å². The number of halogens is 1. The van der Waals surface area contributed by atoms with Crippen LogP contribution in [0.2, 0.25) is 0 Å². The number of nitrogens with one attached hydrogen (secondary N) is 3. The van der Waals surface area contributed by atoms with Crippen LogP contribution in [0.3, 0.4) is 0 Å². The number of ketones is 3. The van der Waals surface area contributed by atoms with Crippen molar-refractivity contribution >= 4 is 91.5 Å². The molecule has 0 radical (unpaired) electrons. The maximum Gasteiger partial charge on any atom is 0.356 e. The molecule has 0 aliphatic carbocycles. The molecule has 105 heavy (non-hydrogen) atoms. The first-order valence-corrected chi connectivity index (χ1v) is 37.1. The van der Waals surface area contributed by atoms with E-state index >= 15 is 0 Å². The number of nitrogens with zero attached hydrogens (tertiary/aromatic N) is 9. The fourth-order valence-electron chi connectivity index (χ4n) is 9.45. The third kappa shape index (κ3) is 23.3. The van der Waals surface area contributed by atoms with E-state index in [9.17, 15) is 46.9 Å². The molecule has 0 aliphatic rings. The summed E-state index contributed by atoms with van der Waals surface area (Å²) < 4.78 is 113. The summed E-state index contributed by atoms with van der Waals surface area (Å²) in [5.74, 6) is -1.05. The molecular weight excluding hydrogens is 1430 g/mol. The zero-order chi connectivity index (χ0) is 75.1. The van der Waals surface area contributed by atoms with E-state index in [1.165, 1.54) is 51.2 Å². The number of hydrogen-bond acceptors (Lipinski definition) is 28. The van der Waals surface area contributed by atoms with E-state index in [1.807, 2.05) is 86.6 Å². The number of benzene rings is 5. The van der Waals surface area contributed by atoms with Gasteiger partial charge in [0.25, 0.3) is 16.7 Å². The number of anilines is 3. The van der Waals surface area contributed by atoms with E-state index in [0.717, 1.165) is 22.3 Å². The Morgan fingerprint density at radius 2 is 0.857 bits per heavy atom. The summed E-state index contributed by atoms with van der Waals surface area (Å²) in [4.78, 5) is 104. The Morgan fingerprint density at radius 3 is 1.26 bits per heavy atom. The maximum absolute atomic E-state index is 13.5. The predicted molar refractivity (Wildman–Crippen MR) is 383 cm³/mol. The number of aromatic nitrogens is 12. The first-order valence-electron chi connectivity index (χ1n) is 32.0. The number of aryl methyl sites for hydroxylation is 2. The molecule has 3 unspecified atom stereocenters. The summed E-state index contributed by atoms with van der Waals surface area (Å²) in [5.41, 5.74) is 21.5. The molecular formula is C67H75FN15O19P3. The fraction of sp³-hybridized carbons (Fsp3) is 0.284. The Labute approximate surface area is 597 Å². The molecule has 11 aromatic rings. The Kier molecular flexibility index (Phi) is 28.0. The van der Waals surface area contributed by atoms with E-state index in [0.29, 0.717) is 33.7 Å². The lowest BCUT2D eigenvalue weighted by atomic mass is 10.1. The van der Waals surface area contributed by atoms with Crippen LogP contribution in [0, 0.1) is 19.7 Å². The molecule has 0 spiro atoms. The Morgan fingerprint density at radius 1 is 0.476 bits per heavy atom. The van der Waals surface area contributed by atoms with Gasteiger partial charge in [0.2, 0.25) is 17.8 Å². The summed E-state index contributed by atoms with van der Waals surface area (Å²) in [7, 11) is -9.93. The average Bonchev–Trinajstić information content (AvgIpc) is 1.68. The van der Waals surface area contributed by atoms with Crippen molar-refractivity contribution in [2.24, 2.45) is 0 Å². The highest BCUT2D eigenvalue weighted by Crippen LogP contribution is 2.51. The number of Topliss-reactive ketones (excluding diaryl/α,β-unsaturated/α-hetero) is 3. The van der Waals surface area contributed by atoms with Crippen LogP contribution in [0.1, 0.15) is 55.5 Å². The maximum atomic E-state index is 13.5. The number of imidazole rings is 3. The first kappa shape index (κ1) is 78.8. The van der Waals surface area contributed by atoms with E-state index < -0.39 is 77.8 Å². The number of fused-ring (bicyclic) bond motifs is 3. The van der Waals surface area contributed by atoms with Gasteiger partial charge in [-0.3, -0.25) is 71.0 Å². The number of nitrogens with two attached hydrogens (primary N) is 3. The van der Waals surface area contributed by atoms with Crippen molar-refractivity contribution in [2.45, 2.75) is 60.2 Å². The third-order valence-electron chi connectivity index (χ3n) is 14.9. The molecule has 11 rings (SSSR count). The minimum Gasteiger partial charge on any atom is -0.496 e. The first-order chi connectivity index (χ1) is 50.4. The van der Waals surface area contributed by atoms with Crippen LogP contribution in [0.15, 0.2) is 161 Å². The minimum atomic E-state index is -3.85. The van der Waals surface area contributed by atoms with Crippen molar-refractivity contribution in [1.82, 2.24) is 58.6 Å². The molecule has 3 atom stereocenters. The molecule has 0 saturated carbocycles. The van der Waals surface area contributed by atoms with E-state index in [2.05, 4.69) is 44.9 Å². The van der Waals surface area contributed by atoms with Crippen LogP contribution in [-0.4, -0.2) is 142 Å². The smallest absolute Gasteiger partial charge is 0.356 e. The zero-order valence-electron chi connectivity index (χ0n) is 57.2. The van der Waals surface area contributed by atoms with Crippen LogP contribution >= 0.6 is 22.8 Å². The van der Waals surface area contributed by atoms with Crippen molar-refractivity contribution in [3.8, 4) is 5.75 Å². The highest BCUT2D eigenvalue weighted by atomic mass is 31.2. The Hall–Kier alpha value is -10.4. The number of H-pyrrole nitrogens is 3. The standard InChI is InChI=1S/C25H28N5O7P.C24H26N5O6P.C18H21FN5O6P/c1-17-8-9-19(12-21(17)34-2)20(31)14-37-38(33,36-13-18-6-4-3-5-7-18)16-35-11-10-30-15-27-22-23(30)28-25(26)29-24(22)32;1-17-7-9-19(10-8-17)20(30)14-35-36(32,34-13-18-5-3-2-4-6-18)16-33-12-11-29-15-26-21-22(29)27-24(25)28-23(21)31;1-12(25)8-29-31(27,30-9-13-3-2-4-14(19)7-13)11-28-6-5-24-10-21-15-16(24)22-18(20)23-17(15)26/h3-9,12,15H,10-11,13-14,16H2,1-2H3,(H3,26,28,29,32);2-10,15H,11-14,16H2,1H3,(H3,25,27,28,31);2-4,7,10H,5-6,8-9,11H2,1H3,(H3,20,22,23,26). The molecule has 0 saturated heterocycles. The van der Waals surface area contributed by atoms with Crippen LogP contribution in [0.5, 0.6) is 5.75 Å². The van der Waals surface area contributed by atoms with E-state index in [-0.39, 0.29) is 123 Å². The lowest BCUT2D eigenvalue weighted by Gasteiger charge is -2.19. The molecule has 0 aliphatic heterocycles. The van der Waals surface area contributed by atoms with Crippen molar-refractivity contribution in [3.05, 3.63) is 222 Å². The molecule has 554 valence electrons. The number of carbonyl (C=O) groups is 3. The number of aromatic amines is 3. The lowest BCUT2D eigenvalue weighted by molar-refractivity contribution is -0.119. The van der Waals surface area contributed by atoms with Crippen molar-refractivity contribution in [3.63, 3.8) is 0 Å². The van der Waals surface area contributed by atoms with Crippen LogP contribution in [-0.2, 0) is 99.3 Å². The Bertz CT molecular complexity index is 5140. The highest BCUT2D eigenvalue weighted by molar-refractivity contribution is 7.54. The molecule has 38 heteroatoms. The van der Waals surface area contributed by atoms with Gasteiger partial charge in [0, 0.05) is 30.8 Å². The van der Waals surface area contributed by atoms with Crippen molar-refractivity contribution in [2.75, 3.05) is 83.0 Å². The van der Waals surface area contributed by atoms with Gasteiger partial charge in [0.1, 0.15) is 50.4 Å². The second-order valence-electron chi connectivity index (χ2n) is 23.0. The molecule has 6 heterocycles. The van der Waals surface area contributed by atoms with Gasteiger partial charge in [-0.05, 0) is 61.2 Å². The molecule has 0 fully saturated rings. The zero-order valence-corrected chi connectivity index (χ0v) is 59.9. The lowest BCUT2D eigenvalue weighted by Crippen LogP contribution is -2.14. The SMILES string of the molecule is CC(=O)COP(=O)(COCCn1cnc2c(=O)[nH]c(N)nc21)OCc1cccc(F)c1.COc1cc(C(=O)COP(=O)(COCCn2cnc3c(=O)[nH]c(N)nc32)OCc2ccccc2)ccc1C.Cc1ccc(C(=O)COP(=O)(COCCn2cnc3c(=O)[nH]c(N)nc32)OCc2ccccc2)cc1. The van der Waals surface area contributed by atoms with E-state index in [1.54, 1.807) is 50.1 Å². The van der Waals surface area contributed by atoms with Gasteiger partial charge < -0.3 is 63.4 Å². The summed E-state index contributed by atoms with van der Waals surface area (Å²) in [5, 5.41) is 0. The average molecular weight is 1510 g/mol. The molecule has 0 bridgehead atoms. The number of ether oxygens (including phenoxy) is 4. The number of hydrogen-bond donors (Lipinski definition) is 6. The molecule has 0 amide bonds. The van der Waals surface area contributed by atoms with Gasteiger partial charge in [0.05, 0.1) is 65.7 Å². The summed E-state index contributed by atoms with van der Waals surface area (Å²) >= 11 is 0. The highest BCUT2D eigenvalue weighted by Gasteiger charge is 2.30. The number of carbonyl (C=O) groups excluding carboxylic acids is 3. The predicted octanol–water partition coefficient (Wildman–Crippen LogP) is 8.43. The van der Waals surface area contributed by atoms with Crippen LogP contribution in [0.25, 0.3) is 33.5 Å². The van der Waals surface area contributed by atoms with Gasteiger partial charge in [-0.15, -0.1) is 0 Å². The van der Waals surface area contributed by atoms with Gasteiger partial charge in [-0.1, -0.05) is 115 Å². The molecule has 34 nitrogen and oxygen atoms in total. The number of methoxy groups -OCH3 is 1. The minimum absolute atomic E-state index is 0.00611. The van der Waals surface area contributed by atoms with Gasteiger partial charge >= 0.3 is 22.8 Å². The molecule has 5 aromatic carbocycles. The Balaban J connectivity index is 0.000000183. The summed E-state index contributed by atoms with van der Waals surface area (Å²) in [6.45, 7) is 4.55. The molecule has 9 N–H and O–H groups in total. The second kappa shape index (κ2) is 37.4.